The van der Waals surface area contributed by atoms with Crippen LogP contribution in [0.4, 0.5) is 0 Å². The first-order valence-electron chi connectivity index (χ1n) is 2.36. The van der Waals surface area contributed by atoms with Gasteiger partial charge in [-0.25, -0.2) is 0 Å². The van der Waals surface area contributed by atoms with E-state index in [4.69, 9.17) is 34.8 Å². The highest BCUT2D eigenvalue weighted by molar-refractivity contribution is 6.67. The first-order valence-corrected chi connectivity index (χ1v) is 3.50. The van der Waals surface area contributed by atoms with Gasteiger partial charge in [0.1, 0.15) is 0 Å². The molecule has 0 N–H and O–H groups in total. The molecule has 58 valence electrons. The number of hydrogen-bond donors (Lipinski definition) is 0. The Kier molecular flexibility index (Phi) is 3.49. The molecule has 0 spiro atoms. The normalized spacial score (nSPS) is 10.8. The number of nitrogens with zero attached hydrogens (tertiary/aromatic N) is 1. The average Bonchev–Trinajstić information content (AvgIpc) is 1.83. The number of carbonyl (C=O) groups excluding carboxylic acids is 1. The van der Waals surface area contributed by atoms with Crippen LogP contribution in [-0.4, -0.2) is 21.8 Å². The molecule has 2 nitrogen and oxygen atoms in total. The van der Waals surface area contributed by atoms with E-state index in [-0.39, 0.29) is 0 Å². The maximum Gasteiger partial charge on any atom is 0.270 e. The summed E-state index contributed by atoms with van der Waals surface area (Å²) < 4.78 is -1.69. The summed E-state index contributed by atoms with van der Waals surface area (Å²) in [5, 5.41) is 0. The fourth-order valence-corrected chi connectivity index (χ4v) is 0.512. The minimum absolute atomic E-state index is 0.431. The molecule has 0 saturated carbocycles. The molecule has 0 aliphatic heterocycles. The van der Waals surface area contributed by atoms with Gasteiger partial charge in [0, 0.05) is 7.05 Å². The third-order valence-electron chi connectivity index (χ3n) is 0.886. The Morgan fingerprint density at radius 1 is 1.60 bits per heavy atom. The van der Waals surface area contributed by atoms with E-state index in [0.717, 1.165) is 11.0 Å². The van der Waals surface area contributed by atoms with Gasteiger partial charge < -0.3 is 0 Å². The second kappa shape index (κ2) is 3.46. The van der Waals surface area contributed by atoms with E-state index in [1.54, 1.807) is 0 Å². The van der Waals surface area contributed by atoms with Crippen molar-refractivity contribution in [2.24, 2.45) is 0 Å². The molecule has 0 heterocycles. The molecule has 1 amide bonds. The summed E-state index contributed by atoms with van der Waals surface area (Å²) in [4.78, 5) is 11.7. The first kappa shape index (κ1) is 10.1. The van der Waals surface area contributed by atoms with Gasteiger partial charge in [0.2, 0.25) is 5.91 Å². The minimum atomic E-state index is -1.69. The SMILES string of the molecule is C=CC(=O)N(C)C(Cl)(Cl)Cl. The van der Waals surface area contributed by atoms with Crippen molar-refractivity contribution < 1.29 is 4.79 Å². The molecule has 0 aromatic rings. The highest BCUT2D eigenvalue weighted by Crippen LogP contribution is 2.29. The number of alkyl halides is 3. The van der Waals surface area contributed by atoms with Gasteiger partial charge in [-0.05, 0) is 6.08 Å². The topological polar surface area (TPSA) is 20.3 Å². The molecular weight excluding hydrogens is 196 g/mol. The Morgan fingerprint density at radius 3 is 2.10 bits per heavy atom. The molecule has 0 radical (unpaired) electrons. The highest BCUT2D eigenvalue weighted by atomic mass is 35.6. The van der Waals surface area contributed by atoms with Crippen molar-refractivity contribution in [3.8, 4) is 0 Å². The summed E-state index contributed by atoms with van der Waals surface area (Å²) in [5.74, 6) is -0.431. The van der Waals surface area contributed by atoms with Crippen molar-refractivity contribution in [1.82, 2.24) is 4.90 Å². The van der Waals surface area contributed by atoms with Gasteiger partial charge >= 0.3 is 0 Å². The van der Waals surface area contributed by atoms with Crippen LogP contribution in [0.3, 0.4) is 0 Å². The highest BCUT2D eigenvalue weighted by Gasteiger charge is 2.28. The molecule has 0 aliphatic rings. The summed E-state index contributed by atoms with van der Waals surface area (Å²) in [6.45, 7) is 3.23. The molecule has 0 aromatic heterocycles. The largest absolute Gasteiger partial charge is 0.298 e. The Hall–Kier alpha value is 0.0800. The second-order valence-corrected chi connectivity index (χ2v) is 3.79. The number of likely N-dealkylation sites (N-methyl/N-ethyl adjacent to an activating group) is 1. The Balaban J connectivity index is 4.21. The van der Waals surface area contributed by atoms with Crippen molar-refractivity contribution in [3.63, 3.8) is 0 Å². The zero-order valence-corrected chi connectivity index (χ0v) is 7.54. The predicted molar refractivity (Wildman–Crippen MR) is 43.3 cm³/mol. The van der Waals surface area contributed by atoms with Crippen LogP contribution in [0.1, 0.15) is 0 Å². The molecule has 5 heteroatoms. The van der Waals surface area contributed by atoms with Crippen LogP contribution in [0.5, 0.6) is 0 Å². The summed E-state index contributed by atoms with van der Waals surface area (Å²) >= 11 is 16.0. The van der Waals surface area contributed by atoms with Crippen molar-refractivity contribution in [2.75, 3.05) is 7.05 Å². The van der Waals surface area contributed by atoms with Gasteiger partial charge in [-0.1, -0.05) is 41.4 Å². The van der Waals surface area contributed by atoms with Crippen molar-refractivity contribution in [1.29, 1.82) is 0 Å². The van der Waals surface area contributed by atoms with Gasteiger partial charge in [0.15, 0.2) is 0 Å². The molecule has 0 atom stereocenters. The molecule has 0 aliphatic carbocycles. The number of amides is 1. The van der Waals surface area contributed by atoms with Crippen molar-refractivity contribution in [2.45, 2.75) is 3.92 Å². The third kappa shape index (κ3) is 2.78. The molecule has 0 bridgehead atoms. The van der Waals surface area contributed by atoms with Gasteiger partial charge in [-0.3, -0.25) is 9.69 Å². The van der Waals surface area contributed by atoms with Crippen LogP contribution >= 0.6 is 34.8 Å². The van der Waals surface area contributed by atoms with Gasteiger partial charge in [0.05, 0.1) is 0 Å². The number of hydrogen-bond acceptors (Lipinski definition) is 1. The smallest absolute Gasteiger partial charge is 0.270 e. The van der Waals surface area contributed by atoms with Crippen LogP contribution in [0.15, 0.2) is 12.7 Å². The lowest BCUT2D eigenvalue weighted by atomic mass is 10.5. The van der Waals surface area contributed by atoms with Crippen LogP contribution in [0, 0.1) is 0 Å². The third-order valence-corrected chi connectivity index (χ3v) is 1.65. The van der Waals surface area contributed by atoms with Gasteiger partial charge in [0.25, 0.3) is 3.92 Å². The lowest BCUT2D eigenvalue weighted by Crippen LogP contribution is -2.35. The first-order chi connectivity index (χ1) is 4.39. The molecule has 0 saturated heterocycles. The Bertz CT molecular complexity index is 151. The van der Waals surface area contributed by atoms with E-state index in [0.29, 0.717) is 0 Å². The van der Waals surface area contributed by atoms with Crippen LogP contribution in [0.2, 0.25) is 0 Å². The van der Waals surface area contributed by atoms with Crippen LogP contribution in [-0.2, 0) is 4.79 Å². The second-order valence-electron chi connectivity index (χ2n) is 1.57. The number of halogens is 3. The van der Waals surface area contributed by atoms with E-state index in [1.807, 2.05) is 0 Å². The molecule has 0 unspecified atom stereocenters. The fourth-order valence-electron chi connectivity index (χ4n) is 0.262. The average molecular weight is 202 g/mol. The minimum Gasteiger partial charge on any atom is -0.298 e. The molecule has 0 fully saturated rings. The van der Waals surface area contributed by atoms with Crippen LogP contribution in [0.25, 0.3) is 0 Å². The van der Waals surface area contributed by atoms with E-state index in [2.05, 4.69) is 6.58 Å². The maximum absolute atomic E-state index is 10.7. The molecule has 10 heavy (non-hydrogen) atoms. The van der Waals surface area contributed by atoms with Crippen LogP contribution < -0.4 is 0 Å². The summed E-state index contributed by atoms with van der Waals surface area (Å²) in [7, 11) is 1.37. The van der Waals surface area contributed by atoms with E-state index >= 15 is 0 Å². The zero-order chi connectivity index (χ0) is 8.36. The molecule has 0 aromatic carbocycles. The van der Waals surface area contributed by atoms with Crippen molar-refractivity contribution >= 4 is 40.7 Å². The fraction of sp³-hybridized carbons (Fsp3) is 0.400. The van der Waals surface area contributed by atoms with Gasteiger partial charge in [-0.2, -0.15) is 0 Å². The molecule has 0 rings (SSSR count). The Labute approximate surface area is 74.3 Å². The van der Waals surface area contributed by atoms with Crippen molar-refractivity contribution in [3.05, 3.63) is 12.7 Å². The lowest BCUT2D eigenvalue weighted by Gasteiger charge is -2.23. The molecular formula is C5H6Cl3NO. The maximum atomic E-state index is 10.7. The summed E-state index contributed by atoms with van der Waals surface area (Å²) in [6, 6.07) is 0. The summed E-state index contributed by atoms with van der Waals surface area (Å²) in [6.07, 6.45) is 1.07. The van der Waals surface area contributed by atoms with Gasteiger partial charge in [-0.15, -0.1) is 0 Å². The summed E-state index contributed by atoms with van der Waals surface area (Å²) in [5.41, 5.74) is 0. The Morgan fingerprint density at radius 2 is 2.00 bits per heavy atom. The van der Waals surface area contributed by atoms with E-state index < -0.39 is 9.82 Å². The monoisotopic (exact) mass is 201 g/mol. The zero-order valence-electron chi connectivity index (χ0n) is 5.27. The van der Waals surface area contributed by atoms with E-state index in [9.17, 15) is 4.79 Å². The van der Waals surface area contributed by atoms with E-state index in [1.165, 1.54) is 7.05 Å². The predicted octanol–water partition coefficient (Wildman–Crippen LogP) is 1.96. The standard InChI is InChI=1S/C5H6Cl3NO/c1-3-4(10)9(2)5(6,7)8/h3H,1H2,2H3. The lowest BCUT2D eigenvalue weighted by molar-refractivity contribution is -0.125. The number of rotatable bonds is 1. The quantitative estimate of drug-likeness (QED) is 0.362. The number of carbonyl (C=O) groups is 1.